The Bertz CT molecular complexity index is 683. The minimum atomic E-state index is 0.430. The fraction of sp³-hybridized carbons (Fsp3) is 0.429. The highest BCUT2D eigenvalue weighted by atomic mass is 15.8. The largest absolute Gasteiger partial charge is 0.278 e. The molecule has 3 saturated heterocycles. The maximum absolute atomic E-state index is 2.77. The zero-order chi connectivity index (χ0) is 15.9. The van der Waals surface area contributed by atoms with Gasteiger partial charge in [0.25, 0.3) is 0 Å². The summed E-state index contributed by atoms with van der Waals surface area (Å²) >= 11 is 0. The number of benzene rings is 2. The summed E-state index contributed by atoms with van der Waals surface area (Å²) in [7, 11) is 0. The molecule has 24 heavy (non-hydrogen) atoms. The molecule has 0 spiro atoms. The van der Waals surface area contributed by atoms with Gasteiger partial charge in [0.15, 0.2) is 0 Å². The number of piperidine rings is 1. The predicted molar refractivity (Wildman–Crippen MR) is 96.1 cm³/mol. The molecule has 2 aromatic rings. The molecule has 3 nitrogen and oxygen atoms in total. The topological polar surface area (TPSA) is 9.49 Å². The van der Waals surface area contributed by atoms with Crippen LogP contribution in [0.3, 0.4) is 0 Å². The lowest BCUT2D eigenvalue weighted by molar-refractivity contribution is -0.0195. The van der Waals surface area contributed by atoms with Gasteiger partial charge in [0.1, 0.15) is 0 Å². The van der Waals surface area contributed by atoms with Gasteiger partial charge in [-0.25, -0.2) is 10.0 Å². The summed E-state index contributed by atoms with van der Waals surface area (Å²) in [5, 5.41) is 5.27. The Labute approximate surface area is 144 Å². The molecule has 3 atom stereocenters. The molecule has 0 radical (unpaired) electrons. The number of nitrogens with zero attached hydrogens (tertiary/aromatic N) is 3. The van der Waals surface area contributed by atoms with E-state index in [-0.39, 0.29) is 0 Å². The number of fused-ring (bicyclic) bond motifs is 1. The van der Waals surface area contributed by atoms with E-state index in [0.29, 0.717) is 18.2 Å². The second kappa shape index (κ2) is 5.99. The van der Waals surface area contributed by atoms with Crippen LogP contribution in [0.4, 0.5) is 0 Å². The second-order valence-electron chi connectivity index (χ2n) is 7.26. The van der Waals surface area contributed by atoms with E-state index in [1.165, 1.54) is 50.0 Å². The zero-order valence-electron chi connectivity index (χ0n) is 14.1. The number of hydrazine groups is 1. The van der Waals surface area contributed by atoms with Crippen LogP contribution in [-0.2, 0) is 0 Å². The molecule has 3 unspecified atom stereocenters. The van der Waals surface area contributed by atoms with Crippen LogP contribution in [0.25, 0.3) is 0 Å². The maximum atomic E-state index is 2.77. The van der Waals surface area contributed by atoms with Crippen molar-refractivity contribution in [3.63, 3.8) is 0 Å². The highest BCUT2D eigenvalue weighted by Crippen LogP contribution is 2.51. The SMILES string of the molecule is c1ccc(C2C(c3ccccc3)N(N3CC3)C3CCCCN23)cc1. The average Bonchev–Trinajstić information content (AvgIpc) is 3.44. The fourth-order valence-corrected chi connectivity index (χ4v) is 4.71. The normalized spacial score (nSPS) is 31.1. The van der Waals surface area contributed by atoms with Crippen molar-refractivity contribution < 1.29 is 0 Å². The van der Waals surface area contributed by atoms with Crippen molar-refractivity contribution in [1.82, 2.24) is 14.9 Å². The Morgan fingerprint density at radius 3 is 1.92 bits per heavy atom. The number of hydrogen-bond acceptors (Lipinski definition) is 3. The first-order valence-electron chi connectivity index (χ1n) is 9.32. The molecule has 2 aromatic carbocycles. The van der Waals surface area contributed by atoms with Crippen LogP contribution < -0.4 is 0 Å². The summed E-state index contributed by atoms with van der Waals surface area (Å²) in [5.41, 5.74) is 2.91. The van der Waals surface area contributed by atoms with E-state index in [9.17, 15) is 0 Å². The molecule has 3 fully saturated rings. The molecule has 0 aromatic heterocycles. The molecule has 3 aliphatic heterocycles. The number of hydrogen-bond donors (Lipinski definition) is 0. The van der Waals surface area contributed by atoms with Gasteiger partial charge in [-0.1, -0.05) is 60.7 Å². The average molecular weight is 319 g/mol. The first-order chi connectivity index (χ1) is 11.9. The summed E-state index contributed by atoms with van der Waals surface area (Å²) < 4.78 is 0. The summed E-state index contributed by atoms with van der Waals surface area (Å²) in [6, 6.07) is 23.2. The van der Waals surface area contributed by atoms with Crippen LogP contribution in [0.5, 0.6) is 0 Å². The van der Waals surface area contributed by atoms with Crippen LogP contribution in [0.2, 0.25) is 0 Å². The molecular weight excluding hydrogens is 294 g/mol. The van der Waals surface area contributed by atoms with E-state index in [2.05, 4.69) is 75.6 Å². The highest BCUT2D eigenvalue weighted by molar-refractivity contribution is 5.30. The highest BCUT2D eigenvalue weighted by Gasteiger charge is 2.52. The minimum absolute atomic E-state index is 0.430. The lowest BCUT2D eigenvalue weighted by atomic mass is 9.93. The molecule has 5 rings (SSSR count). The van der Waals surface area contributed by atoms with E-state index >= 15 is 0 Å². The zero-order valence-corrected chi connectivity index (χ0v) is 14.1. The van der Waals surface area contributed by atoms with E-state index in [4.69, 9.17) is 0 Å². The second-order valence-corrected chi connectivity index (χ2v) is 7.26. The summed E-state index contributed by atoms with van der Waals surface area (Å²) in [4.78, 5) is 2.77. The fourth-order valence-electron chi connectivity index (χ4n) is 4.71. The van der Waals surface area contributed by atoms with Crippen molar-refractivity contribution in [1.29, 1.82) is 0 Å². The quantitative estimate of drug-likeness (QED) is 0.796. The summed E-state index contributed by atoms with van der Waals surface area (Å²) in [5.74, 6) is 0. The number of rotatable bonds is 3. The van der Waals surface area contributed by atoms with E-state index in [0.717, 1.165) is 0 Å². The van der Waals surface area contributed by atoms with Gasteiger partial charge in [-0.05, 0) is 30.4 Å². The molecular formula is C21H25N3. The summed E-state index contributed by atoms with van der Waals surface area (Å²) in [6.07, 6.45) is 4.55. The Balaban J connectivity index is 1.63. The van der Waals surface area contributed by atoms with E-state index in [1.807, 2.05) is 0 Å². The molecule has 124 valence electrons. The van der Waals surface area contributed by atoms with Crippen molar-refractivity contribution in [2.24, 2.45) is 0 Å². The maximum Gasteiger partial charge on any atom is 0.0773 e. The summed E-state index contributed by atoms with van der Waals surface area (Å²) in [6.45, 7) is 3.66. The molecule has 3 aliphatic rings. The Morgan fingerprint density at radius 1 is 0.667 bits per heavy atom. The molecule has 0 N–H and O–H groups in total. The monoisotopic (exact) mass is 319 g/mol. The molecule has 0 bridgehead atoms. The van der Waals surface area contributed by atoms with Crippen molar-refractivity contribution in [3.05, 3.63) is 71.8 Å². The van der Waals surface area contributed by atoms with Crippen molar-refractivity contribution in [3.8, 4) is 0 Å². The van der Waals surface area contributed by atoms with Gasteiger partial charge in [0.2, 0.25) is 0 Å². The lowest BCUT2D eigenvalue weighted by Crippen LogP contribution is -2.44. The minimum Gasteiger partial charge on any atom is -0.278 e. The van der Waals surface area contributed by atoms with E-state index in [1.54, 1.807) is 0 Å². The smallest absolute Gasteiger partial charge is 0.0773 e. The molecule has 3 heterocycles. The third-order valence-corrected chi connectivity index (χ3v) is 5.79. The molecule has 0 amide bonds. The van der Waals surface area contributed by atoms with Gasteiger partial charge in [0.05, 0.1) is 18.2 Å². The molecule has 3 heteroatoms. The first kappa shape index (κ1) is 14.6. The standard InChI is InChI=1S/C21H25N3/c1-3-9-17(10-4-1)20-21(18-11-5-2-6-12-18)24(22-15-16-22)19-13-7-8-14-23(19)20/h1-6,9-12,19-21H,7-8,13-16H2. The van der Waals surface area contributed by atoms with Crippen molar-refractivity contribution in [2.45, 2.75) is 37.5 Å². The Hall–Kier alpha value is -1.68. The molecule has 0 aliphatic carbocycles. The third kappa shape index (κ3) is 2.39. The van der Waals surface area contributed by atoms with E-state index < -0.39 is 0 Å². The van der Waals surface area contributed by atoms with Crippen LogP contribution in [0, 0.1) is 0 Å². The van der Waals surface area contributed by atoms with Gasteiger partial charge in [0, 0.05) is 19.6 Å². The van der Waals surface area contributed by atoms with Crippen LogP contribution in [0.15, 0.2) is 60.7 Å². The lowest BCUT2D eigenvalue weighted by Gasteiger charge is -2.36. The van der Waals surface area contributed by atoms with Crippen LogP contribution in [0.1, 0.15) is 42.5 Å². The Morgan fingerprint density at radius 2 is 1.29 bits per heavy atom. The predicted octanol–water partition coefficient (Wildman–Crippen LogP) is 3.83. The van der Waals surface area contributed by atoms with Gasteiger partial charge < -0.3 is 0 Å². The van der Waals surface area contributed by atoms with Crippen LogP contribution >= 0.6 is 0 Å². The van der Waals surface area contributed by atoms with Crippen LogP contribution in [-0.4, -0.2) is 40.7 Å². The van der Waals surface area contributed by atoms with Gasteiger partial charge in [-0.3, -0.25) is 4.90 Å². The first-order valence-corrected chi connectivity index (χ1v) is 9.32. The van der Waals surface area contributed by atoms with Gasteiger partial charge >= 0.3 is 0 Å². The van der Waals surface area contributed by atoms with Crippen molar-refractivity contribution in [2.75, 3.05) is 19.6 Å². The van der Waals surface area contributed by atoms with Crippen molar-refractivity contribution >= 4 is 0 Å². The third-order valence-electron chi connectivity index (χ3n) is 5.79. The van der Waals surface area contributed by atoms with Gasteiger partial charge in [-0.15, -0.1) is 0 Å². The van der Waals surface area contributed by atoms with Gasteiger partial charge in [-0.2, -0.15) is 0 Å². The molecule has 0 saturated carbocycles. The Kier molecular flexibility index (Phi) is 3.66.